The maximum absolute atomic E-state index is 11.5. The van der Waals surface area contributed by atoms with Gasteiger partial charge in [-0.1, -0.05) is 13.0 Å². The van der Waals surface area contributed by atoms with Gasteiger partial charge in [0.15, 0.2) is 0 Å². The van der Waals surface area contributed by atoms with Gasteiger partial charge in [-0.05, 0) is 19.8 Å². The lowest BCUT2D eigenvalue weighted by molar-refractivity contribution is -0.158. The Hall–Kier alpha value is -1.32. The van der Waals surface area contributed by atoms with Gasteiger partial charge in [-0.3, -0.25) is 4.79 Å². The van der Waals surface area contributed by atoms with Gasteiger partial charge < -0.3 is 9.47 Å². The molecule has 0 amide bonds. The molecule has 0 aromatic rings. The van der Waals surface area contributed by atoms with Crippen molar-refractivity contribution in [2.45, 2.75) is 38.4 Å². The van der Waals surface area contributed by atoms with Crippen LogP contribution in [0.3, 0.4) is 0 Å². The van der Waals surface area contributed by atoms with Crippen molar-refractivity contribution in [3.63, 3.8) is 0 Å². The van der Waals surface area contributed by atoms with Crippen LogP contribution < -0.4 is 0 Å². The Balaban J connectivity index is 2.01. The van der Waals surface area contributed by atoms with Crippen LogP contribution in [0.25, 0.3) is 0 Å². The summed E-state index contributed by atoms with van der Waals surface area (Å²) in [5.74, 6) is -0.353. The number of esters is 2. The van der Waals surface area contributed by atoms with Crippen LogP contribution in [0.15, 0.2) is 12.7 Å². The molecule has 1 saturated carbocycles. The first-order chi connectivity index (χ1) is 7.63. The van der Waals surface area contributed by atoms with Crippen molar-refractivity contribution in [1.82, 2.24) is 0 Å². The molecule has 1 heterocycles. The van der Waals surface area contributed by atoms with Gasteiger partial charge in [0.05, 0.1) is 5.92 Å². The summed E-state index contributed by atoms with van der Waals surface area (Å²) in [7, 11) is 0. The Morgan fingerprint density at radius 3 is 3.06 bits per heavy atom. The number of hydrogen-bond donors (Lipinski definition) is 0. The second-order valence-corrected chi connectivity index (χ2v) is 4.45. The van der Waals surface area contributed by atoms with Crippen molar-refractivity contribution in [1.29, 1.82) is 0 Å². The third-order valence-corrected chi connectivity index (χ3v) is 3.48. The highest BCUT2D eigenvalue weighted by Gasteiger charge is 2.49. The molecule has 0 bridgehead atoms. The molecule has 4 nitrogen and oxygen atoms in total. The van der Waals surface area contributed by atoms with Gasteiger partial charge >= 0.3 is 11.9 Å². The fourth-order valence-electron chi connectivity index (χ4n) is 2.73. The standard InChI is InChI=1S/C12H16O4/c1-3-10(13)15-7(2)11-8-5-4-6-9(8)12(14)16-11/h3,7-9,11H,1,4-6H2,2H3. The third kappa shape index (κ3) is 1.84. The van der Waals surface area contributed by atoms with E-state index in [0.717, 1.165) is 25.3 Å². The van der Waals surface area contributed by atoms with Gasteiger partial charge in [-0.2, -0.15) is 0 Å². The second kappa shape index (κ2) is 4.28. The van der Waals surface area contributed by atoms with Crippen molar-refractivity contribution < 1.29 is 19.1 Å². The van der Waals surface area contributed by atoms with E-state index in [1.807, 2.05) is 0 Å². The topological polar surface area (TPSA) is 52.6 Å². The minimum Gasteiger partial charge on any atom is -0.458 e. The molecule has 2 rings (SSSR count). The maximum atomic E-state index is 11.5. The molecule has 0 N–H and O–H groups in total. The number of rotatable bonds is 3. The zero-order valence-electron chi connectivity index (χ0n) is 9.35. The highest BCUT2D eigenvalue weighted by atomic mass is 16.6. The van der Waals surface area contributed by atoms with Crippen LogP contribution in [0.2, 0.25) is 0 Å². The normalized spacial score (nSPS) is 34.1. The SMILES string of the molecule is C=CC(=O)OC(C)C1OC(=O)C2CCCC21. The molecule has 1 aliphatic heterocycles. The van der Waals surface area contributed by atoms with Crippen LogP contribution in [0.5, 0.6) is 0 Å². The minimum atomic E-state index is -0.468. The van der Waals surface area contributed by atoms with Gasteiger partial charge in [0, 0.05) is 12.0 Å². The Bertz CT molecular complexity index is 323. The molecule has 0 spiro atoms. The molecule has 0 aromatic heterocycles. The van der Waals surface area contributed by atoms with Gasteiger partial charge in [0.2, 0.25) is 0 Å². The van der Waals surface area contributed by atoms with Crippen molar-refractivity contribution in [3.05, 3.63) is 12.7 Å². The smallest absolute Gasteiger partial charge is 0.330 e. The zero-order valence-corrected chi connectivity index (χ0v) is 9.35. The molecule has 0 aromatic carbocycles. The molecule has 1 saturated heterocycles. The molecule has 2 aliphatic rings. The molecule has 4 atom stereocenters. The summed E-state index contributed by atoms with van der Waals surface area (Å²) >= 11 is 0. The molecule has 4 heteroatoms. The minimum absolute atomic E-state index is 0.0230. The van der Waals surface area contributed by atoms with Crippen LogP contribution in [0, 0.1) is 11.8 Å². The molecular formula is C12H16O4. The van der Waals surface area contributed by atoms with Crippen molar-refractivity contribution in [2.75, 3.05) is 0 Å². The number of fused-ring (bicyclic) bond motifs is 1. The first-order valence-electron chi connectivity index (χ1n) is 5.67. The molecule has 1 aliphatic carbocycles. The molecule has 16 heavy (non-hydrogen) atoms. The van der Waals surface area contributed by atoms with Crippen LogP contribution in [-0.2, 0) is 19.1 Å². The molecule has 88 valence electrons. The monoisotopic (exact) mass is 224 g/mol. The van der Waals surface area contributed by atoms with Gasteiger partial charge in [-0.15, -0.1) is 0 Å². The Kier molecular flexibility index (Phi) is 2.99. The number of ether oxygens (including phenoxy) is 2. The second-order valence-electron chi connectivity index (χ2n) is 4.45. The summed E-state index contributed by atoms with van der Waals surface area (Å²) in [4.78, 5) is 22.6. The first kappa shape index (κ1) is 11.2. The summed E-state index contributed by atoms with van der Waals surface area (Å²) in [6.45, 7) is 5.10. The van der Waals surface area contributed by atoms with Crippen molar-refractivity contribution in [3.8, 4) is 0 Å². The lowest BCUT2D eigenvalue weighted by atomic mass is 9.91. The van der Waals surface area contributed by atoms with Gasteiger partial charge in [0.1, 0.15) is 12.2 Å². The van der Waals surface area contributed by atoms with Crippen LogP contribution in [-0.4, -0.2) is 24.1 Å². The van der Waals surface area contributed by atoms with E-state index < -0.39 is 5.97 Å². The van der Waals surface area contributed by atoms with Gasteiger partial charge in [0.25, 0.3) is 0 Å². The van der Waals surface area contributed by atoms with Crippen molar-refractivity contribution in [2.24, 2.45) is 11.8 Å². The largest absolute Gasteiger partial charge is 0.458 e. The fraction of sp³-hybridized carbons (Fsp3) is 0.667. The van der Waals surface area contributed by atoms with Crippen LogP contribution >= 0.6 is 0 Å². The van der Waals surface area contributed by atoms with E-state index in [1.54, 1.807) is 6.92 Å². The van der Waals surface area contributed by atoms with E-state index in [-0.39, 0.29) is 30.0 Å². The Labute approximate surface area is 94.6 Å². The predicted molar refractivity (Wildman–Crippen MR) is 56.5 cm³/mol. The Morgan fingerprint density at radius 2 is 2.38 bits per heavy atom. The number of carbonyl (C=O) groups excluding carboxylic acids is 2. The van der Waals surface area contributed by atoms with E-state index in [4.69, 9.17) is 9.47 Å². The average molecular weight is 224 g/mol. The highest BCUT2D eigenvalue weighted by molar-refractivity contribution is 5.81. The average Bonchev–Trinajstić information content (AvgIpc) is 2.82. The van der Waals surface area contributed by atoms with E-state index in [2.05, 4.69) is 6.58 Å². The number of hydrogen-bond acceptors (Lipinski definition) is 4. The lowest BCUT2D eigenvalue weighted by Gasteiger charge is -2.22. The van der Waals surface area contributed by atoms with E-state index >= 15 is 0 Å². The van der Waals surface area contributed by atoms with E-state index in [0.29, 0.717) is 0 Å². The molecule has 0 radical (unpaired) electrons. The summed E-state index contributed by atoms with van der Waals surface area (Å²) < 4.78 is 10.4. The summed E-state index contributed by atoms with van der Waals surface area (Å²) in [6, 6.07) is 0. The van der Waals surface area contributed by atoms with E-state index in [1.165, 1.54) is 0 Å². The quantitative estimate of drug-likeness (QED) is 0.537. The maximum Gasteiger partial charge on any atom is 0.330 e. The molecular weight excluding hydrogens is 208 g/mol. The first-order valence-corrected chi connectivity index (χ1v) is 5.67. The van der Waals surface area contributed by atoms with Gasteiger partial charge in [-0.25, -0.2) is 4.79 Å². The molecule has 2 fully saturated rings. The summed E-state index contributed by atoms with van der Waals surface area (Å²) in [5.41, 5.74) is 0. The van der Waals surface area contributed by atoms with Crippen molar-refractivity contribution >= 4 is 11.9 Å². The summed E-state index contributed by atoms with van der Waals surface area (Å²) in [5, 5.41) is 0. The van der Waals surface area contributed by atoms with Crippen LogP contribution in [0.1, 0.15) is 26.2 Å². The predicted octanol–water partition coefficient (Wildman–Crippen LogP) is 1.45. The third-order valence-electron chi connectivity index (χ3n) is 3.48. The zero-order chi connectivity index (χ0) is 11.7. The van der Waals surface area contributed by atoms with E-state index in [9.17, 15) is 9.59 Å². The summed E-state index contributed by atoms with van der Waals surface area (Å²) in [6.07, 6.45) is 3.41. The number of cyclic esters (lactones) is 1. The lowest BCUT2D eigenvalue weighted by Crippen LogP contribution is -2.32. The fourth-order valence-corrected chi connectivity index (χ4v) is 2.73. The molecule has 4 unspecified atom stereocenters. The highest BCUT2D eigenvalue weighted by Crippen LogP contribution is 2.42. The Morgan fingerprint density at radius 1 is 1.62 bits per heavy atom. The number of carbonyl (C=O) groups is 2. The van der Waals surface area contributed by atoms with Crippen LogP contribution in [0.4, 0.5) is 0 Å².